The smallest absolute Gasteiger partial charge is 0.244 e. The Labute approximate surface area is 93.6 Å². The van der Waals surface area contributed by atoms with E-state index in [2.05, 4.69) is 10.1 Å². The summed E-state index contributed by atoms with van der Waals surface area (Å²) in [4.78, 5) is 4.24. The Morgan fingerprint density at radius 3 is 2.69 bits per heavy atom. The fourth-order valence-corrected chi connectivity index (χ4v) is 1.35. The summed E-state index contributed by atoms with van der Waals surface area (Å²) in [7, 11) is 0. The van der Waals surface area contributed by atoms with Gasteiger partial charge in [-0.05, 0) is 24.5 Å². The van der Waals surface area contributed by atoms with Crippen LogP contribution in [0.25, 0.3) is 11.6 Å². The van der Waals surface area contributed by atoms with Gasteiger partial charge in [-0.3, -0.25) is 0 Å². The molecule has 2 aromatic rings. The Hall–Kier alpha value is -1.62. The number of rotatable bonds is 3. The molecule has 2 rings (SSSR count). The molecule has 0 aliphatic rings. The number of aromatic nitrogens is 2. The number of hydrogen-bond donors (Lipinski definition) is 1. The molecule has 2 aromatic heterocycles. The molecule has 0 spiro atoms. The lowest BCUT2D eigenvalue weighted by atomic mass is 10.1. The van der Waals surface area contributed by atoms with Gasteiger partial charge in [0.15, 0.2) is 5.76 Å². The molecule has 0 saturated carbocycles. The van der Waals surface area contributed by atoms with E-state index in [0.29, 0.717) is 17.5 Å². The van der Waals surface area contributed by atoms with Crippen molar-refractivity contribution in [1.82, 2.24) is 10.1 Å². The maximum absolute atomic E-state index is 5.92. The van der Waals surface area contributed by atoms with Gasteiger partial charge in [0, 0.05) is 0 Å². The molecule has 0 amide bonds. The van der Waals surface area contributed by atoms with E-state index < -0.39 is 0 Å². The van der Waals surface area contributed by atoms with Crippen LogP contribution in [0.15, 0.2) is 21.3 Å². The third-order valence-corrected chi connectivity index (χ3v) is 2.51. The van der Waals surface area contributed by atoms with Gasteiger partial charge in [0.05, 0.1) is 12.3 Å². The molecule has 2 heterocycles. The summed E-state index contributed by atoms with van der Waals surface area (Å²) in [5.74, 6) is 1.78. The van der Waals surface area contributed by atoms with Gasteiger partial charge in [0.1, 0.15) is 0 Å². The molecule has 0 radical (unpaired) electrons. The van der Waals surface area contributed by atoms with Crippen molar-refractivity contribution in [2.24, 2.45) is 11.7 Å². The minimum absolute atomic E-state index is 0.239. The second kappa shape index (κ2) is 4.09. The Morgan fingerprint density at radius 2 is 2.12 bits per heavy atom. The van der Waals surface area contributed by atoms with E-state index in [1.807, 2.05) is 26.8 Å². The lowest BCUT2D eigenvalue weighted by Crippen LogP contribution is -2.16. The fraction of sp³-hybridized carbons (Fsp3) is 0.455. The number of nitrogens with two attached hydrogens (primary N) is 1. The van der Waals surface area contributed by atoms with Gasteiger partial charge in [-0.25, -0.2) is 0 Å². The van der Waals surface area contributed by atoms with Gasteiger partial charge >= 0.3 is 0 Å². The minimum Gasteiger partial charge on any atom is -0.461 e. The highest BCUT2D eigenvalue weighted by Crippen LogP contribution is 2.24. The van der Waals surface area contributed by atoms with Crippen LogP contribution in [-0.4, -0.2) is 10.1 Å². The molecular weight excluding hydrogens is 206 g/mol. The van der Waals surface area contributed by atoms with Crippen molar-refractivity contribution in [3.63, 3.8) is 0 Å². The van der Waals surface area contributed by atoms with Crippen LogP contribution in [0.1, 0.15) is 31.3 Å². The zero-order valence-electron chi connectivity index (χ0n) is 9.60. The average molecular weight is 221 g/mol. The SMILES string of the molecule is Cc1ccoc1-c1noc(C(N)C(C)C)n1. The number of hydrogen-bond acceptors (Lipinski definition) is 5. The summed E-state index contributed by atoms with van der Waals surface area (Å²) >= 11 is 0. The molecule has 2 N–H and O–H groups in total. The van der Waals surface area contributed by atoms with Crippen LogP contribution in [0.3, 0.4) is 0 Å². The number of nitrogens with zero attached hydrogens (tertiary/aromatic N) is 2. The standard InChI is InChI=1S/C11H15N3O2/c1-6(2)8(12)11-13-10(14-16-11)9-7(3)4-5-15-9/h4-6,8H,12H2,1-3H3. The third-order valence-electron chi connectivity index (χ3n) is 2.51. The molecule has 0 aliphatic heterocycles. The zero-order chi connectivity index (χ0) is 11.7. The first kappa shape index (κ1) is 10.9. The second-order valence-corrected chi connectivity index (χ2v) is 4.16. The normalized spacial score (nSPS) is 13.3. The molecule has 1 unspecified atom stereocenters. The van der Waals surface area contributed by atoms with Crippen LogP contribution < -0.4 is 5.73 Å². The molecule has 0 bridgehead atoms. The van der Waals surface area contributed by atoms with Crippen molar-refractivity contribution in [2.75, 3.05) is 0 Å². The van der Waals surface area contributed by atoms with Crippen molar-refractivity contribution in [3.8, 4) is 11.6 Å². The molecule has 5 nitrogen and oxygen atoms in total. The largest absolute Gasteiger partial charge is 0.461 e. The lowest BCUT2D eigenvalue weighted by Gasteiger charge is -2.08. The van der Waals surface area contributed by atoms with E-state index in [1.54, 1.807) is 6.26 Å². The van der Waals surface area contributed by atoms with Crippen LogP contribution >= 0.6 is 0 Å². The van der Waals surface area contributed by atoms with Gasteiger partial charge in [0.25, 0.3) is 0 Å². The first-order valence-corrected chi connectivity index (χ1v) is 5.23. The van der Waals surface area contributed by atoms with Crippen molar-refractivity contribution < 1.29 is 8.94 Å². The molecule has 86 valence electrons. The summed E-state index contributed by atoms with van der Waals surface area (Å²) < 4.78 is 10.4. The first-order chi connectivity index (χ1) is 7.59. The maximum atomic E-state index is 5.92. The van der Waals surface area contributed by atoms with Gasteiger partial charge in [-0.1, -0.05) is 19.0 Å². The summed E-state index contributed by atoms with van der Waals surface area (Å²) in [6, 6.07) is 1.62. The molecule has 16 heavy (non-hydrogen) atoms. The van der Waals surface area contributed by atoms with Crippen molar-refractivity contribution in [1.29, 1.82) is 0 Å². The highest BCUT2D eigenvalue weighted by molar-refractivity contribution is 5.51. The minimum atomic E-state index is -0.239. The number of furan rings is 1. The fourth-order valence-electron chi connectivity index (χ4n) is 1.35. The van der Waals surface area contributed by atoms with E-state index in [-0.39, 0.29) is 12.0 Å². The Kier molecular flexibility index (Phi) is 2.78. The third kappa shape index (κ3) is 1.86. The molecule has 1 atom stereocenters. The summed E-state index contributed by atoms with van der Waals surface area (Å²) in [5, 5.41) is 3.86. The van der Waals surface area contributed by atoms with E-state index in [1.165, 1.54) is 0 Å². The quantitative estimate of drug-likeness (QED) is 0.860. The van der Waals surface area contributed by atoms with E-state index in [9.17, 15) is 0 Å². The van der Waals surface area contributed by atoms with Gasteiger partial charge in [-0.2, -0.15) is 4.98 Å². The van der Waals surface area contributed by atoms with Crippen LogP contribution in [0.4, 0.5) is 0 Å². The van der Waals surface area contributed by atoms with E-state index in [0.717, 1.165) is 5.56 Å². The lowest BCUT2D eigenvalue weighted by molar-refractivity contribution is 0.324. The Morgan fingerprint density at radius 1 is 1.38 bits per heavy atom. The Balaban J connectivity index is 2.30. The Bertz CT molecular complexity index is 473. The molecule has 0 saturated heterocycles. The van der Waals surface area contributed by atoms with Crippen LogP contribution in [0, 0.1) is 12.8 Å². The van der Waals surface area contributed by atoms with Crippen molar-refractivity contribution >= 4 is 0 Å². The van der Waals surface area contributed by atoms with E-state index in [4.69, 9.17) is 14.7 Å². The predicted molar refractivity (Wildman–Crippen MR) is 58.5 cm³/mol. The van der Waals surface area contributed by atoms with Crippen molar-refractivity contribution in [3.05, 3.63) is 23.8 Å². The molecule has 5 heteroatoms. The molecular formula is C11H15N3O2. The highest BCUT2D eigenvalue weighted by atomic mass is 16.5. The van der Waals surface area contributed by atoms with Gasteiger partial charge < -0.3 is 14.7 Å². The first-order valence-electron chi connectivity index (χ1n) is 5.23. The average Bonchev–Trinajstić information content (AvgIpc) is 2.84. The molecule has 0 aromatic carbocycles. The van der Waals surface area contributed by atoms with Crippen LogP contribution in [0.2, 0.25) is 0 Å². The number of aryl methyl sites for hydroxylation is 1. The summed E-state index contributed by atoms with van der Waals surface area (Å²) in [6.45, 7) is 5.94. The molecule has 0 fully saturated rings. The van der Waals surface area contributed by atoms with E-state index >= 15 is 0 Å². The summed E-state index contributed by atoms with van der Waals surface area (Å²) in [5.41, 5.74) is 6.89. The zero-order valence-corrected chi connectivity index (χ0v) is 9.60. The van der Waals surface area contributed by atoms with Gasteiger partial charge in [0.2, 0.25) is 11.7 Å². The second-order valence-electron chi connectivity index (χ2n) is 4.16. The molecule has 0 aliphatic carbocycles. The summed E-state index contributed by atoms with van der Waals surface area (Å²) in [6.07, 6.45) is 1.60. The topological polar surface area (TPSA) is 78.1 Å². The van der Waals surface area contributed by atoms with Crippen LogP contribution in [-0.2, 0) is 0 Å². The highest BCUT2D eigenvalue weighted by Gasteiger charge is 2.20. The van der Waals surface area contributed by atoms with Gasteiger partial charge in [-0.15, -0.1) is 0 Å². The predicted octanol–water partition coefficient (Wildman–Crippen LogP) is 2.29. The van der Waals surface area contributed by atoms with Crippen molar-refractivity contribution in [2.45, 2.75) is 26.8 Å². The van der Waals surface area contributed by atoms with Crippen LogP contribution in [0.5, 0.6) is 0 Å². The maximum Gasteiger partial charge on any atom is 0.244 e. The monoisotopic (exact) mass is 221 g/mol.